The molecule has 1 aromatic carbocycles. The molecule has 0 N–H and O–H groups in total. The lowest BCUT2D eigenvalue weighted by atomic mass is 10.2. The van der Waals surface area contributed by atoms with Crippen LogP contribution in [0.15, 0.2) is 22.7 Å². The van der Waals surface area contributed by atoms with E-state index >= 15 is 0 Å². The van der Waals surface area contributed by atoms with Gasteiger partial charge in [-0.1, -0.05) is 38.8 Å². The van der Waals surface area contributed by atoms with Crippen molar-refractivity contribution in [3.05, 3.63) is 28.2 Å². The summed E-state index contributed by atoms with van der Waals surface area (Å²) >= 11 is 6.79. The van der Waals surface area contributed by atoms with Gasteiger partial charge in [-0.25, -0.2) is 8.42 Å². The van der Waals surface area contributed by atoms with Crippen molar-refractivity contribution in [3.63, 3.8) is 0 Å². The van der Waals surface area contributed by atoms with Gasteiger partial charge in [0.2, 0.25) is 0 Å². The summed E-state index contributed by atoms with van der Waals surface area (Å²) in [6.45, 7) is 1.83. The largest absolute Gasteiger partial charge is 0.493 e. The van der Waals surface area contributed by atoms with Crippen molar-refractivity contribution >= 4 is 41.7 Å². The Hall–Kier alpha value is -0.0700. The van der Waals surface area contributed by atoms with Crippen LogP contribution in [0, 0.1) is 0 Å². The summed E-state index contributed by atoms with van der Waals surface area (Å²) < 4.78 is 29.0. The normalized spacial score (nSPS) is 11.5. The lowest BCUT2D eigenvalue weighted by Crippen LogP contribution is -2.15. The van der Waals surface area contributed by atoms with Crippen molar-refractivity contribution in [2.45, 2.75) is 12.3 Å². The number of rotatable bonds is 6. The molecule has 0 atom stereocenters. The molecule has 17 heavy (non-hydrogen) atoms. The van der Waals surface area contributed by atoms with E-state index in [4.69, 9.17) is 4.74 Å². The van der Waals surface area contributed by atoms with Crippen LogP contribution in [0.4, 0.5) is 0 Å². The van der Waals surface area contributed by atoms with Gasteiger partial charge in [0, 0.05) is 15.6 Å². The van der Waals surface area contributed by atoms with Crippen LogP contribution in [0.3, 0.4) is 0 Å². The van der Waals surface area contributed by atoms with E-state index < -0.39 is 9.84 Å². The summed E-state index contributed by atoms with van der Waals surface area (Å²) in [6.07, 6.45) is 0. The minimum absolute atomic E-state index is 0.0587. The van der Waals surface area contributed by atoms with Crippen LogP contribution in [-0.4, -0.2) is 26.5 Å². The van der Waals surface area contributed by atoms with E-state index in [1.54, 1.807) is 6.92 Å². The third-order valence-electron chi connectivity index (χ3n) is 2.26. The summed E-state index contributed by atoms with van der Waals surface area (Å²) in [6, 6.07) is 5.59. The zero-order valence-corrected chi connectivity index (χ0v) is 13.4. The number of hydrogen-bond donors (Lipinski definition) is 0. The van der Waals surface area contributed by atoms with Crippen LogP contribution < -0.4 is 4.74 Å². The van der Waals surface area contributed by atoms with Gasteiger partial charge in [-0.3, -0.25) is 0 Å². The molecule has 0 heterocycles. The Morgan fingerprint density at radius 1 is 1.35 bits per heavy atom. The zero-order chi connectivity index (χ0) is 12.9. The van der Waals surface area contributed by atoms with Crippen LogP contribution in [-0.2, 0) is 15.2 Å². The number of alkyl halides is 1. The summed E-state index contributed by atoms with van der Waals surface area (Å²) in [7, 11) is -2.96. The SMILES string of the molecule is CCS(=O)(=O)CCOc1ccc(Br)c(CBr)c1. The van der Waals surface area contributed by atoms with Gasteiger partial charge in [0.15, 0.2) is 9.84 Å². The fourth-order valence-electron chi connectivity index (χ4n) is 1.17. The molecule has 6 heteroatoms. The van der Waals surface area contributed by atoms with Crippen LogP contribution in [0.25, 0.3) is 0 Å². The average Bonchev–Trinajstić information content (AvgIpc) is 2.31. The van der Waals surface area contributed by atoms with Gasteiger partial charge in [-0.2, -0.15) is 0 Å². The Morgan fingerprint density at radius 2 is 2.06 bits per heavy atom. The number of ether oxygens (including phenoxy) is 1. The second-order valence-corrected chi connectivity index (χ2v) is 7.36. The zero-order valence-electron chi connectivity index (χ0n) is 9.45. The van der Waals surface area contributed by atoms with E-state index in [2.05, 4.69) is 31.9 Å². The standard InChI is InChI=1S/C11H14Br2O3S/c1-2-17(14,15)6-5-16-10-3-4-11(13)9(7-10)8-12/h3-4,7H,2,5-6,8H2,1H3. The summed E-state index contributed by atoms with van der Waals surface area (Å²) in [4.78, 5) is 0. The number of sulfone groups is 1. The first kappa shape index (κ1) is 15.0. The van der Waals surface area contributed by atoms with Gasteiger partial charge in [0.05, 0.1) is 5.75 Å². The van der Waals surface area contributed by atoms with Gasteiger partial charge < -0.3 is 4.74 Å². The van der Waals surface area contributed by atoms with Gasteiger partial charge in [0.1, 0.15) is 12.4 Å². The first-order valence-corrected chi connectivity index (χ1v) is 8.89. The molecule has 0 fully saturated rings. The molecule has 0 saturated heterocycles. The number of benzene rings is 1. The lowest BCUT2D eigenvalue weighted by Gasteiger charge is -2.08. The van der Waals surface area contributed by atoms with E-state index in [1.807, 2.05) is 18.2 Å². The third kappa shape index (κ3) is 4.97. The molecule has 0 amide bonds. The molecule has 1 aromatic rings. The van der Waals surface area contributed by atoms with E-state index in [-0.39, 0.29) is 18.1 Å². The third-order valence-corrected chi connectivity index (χ3v) is 5.31. The van der Waals surface area contributed by atoms with Crippen LogP contribution in [0.5, 0.6) is 5.75 Å². The first-order chi connectivity index (χ1) is 7.98. The van der Waals surface area contributed by atoms with E-state index in [9.17, 15) is 8.42 Å². The average molecular weight is 386 g/mol. The van der Waals surface area contributed by atoms with Crippen molar-refractivity contribution < 1.29 is 13.2 Å². The maximum Gasteiger partial charge on any atom is 0.153 e. The van der Waals surface area contributed by atoms with Crippen LogP contribution >= 0.6 is 31.9 Å². The maximum atomic E-state index is 11.3. The Bertz CT molecular complexity index is 472. The summed E-state index contributed by atoms with van der Waals surface area (Å²) in [5.41, 5.74) is 1.07. The summed E-state index contributed by atoms with van der Waals surface area (Å²) in [5.74, 6) is 0.904. The molecule has 0 aliphatic carbocycles. The fourth-order valence-corrected chi connectivity index (χ4v) is 3.03. The molecular formula is C11H14Br2O3S. The molecule has 0 aliphatic rings. The number of halogens is 2. The molecule has 96 valence electrons. The highest BCUT2D eigenvalue weighted by atomic mass is 79.9. The molecule has 0 unspecified atom stereocenters. The van der Waals surface area contributed by atoms with E-state index in [1.165, 1.54) is 0 Å². The lowest BCUT2D eigenvalue weighted by molar-refractivity contribution is 0.340. The second-order valence-electron chi connectivity index (χ2n) is 3.47. The van der Waals surface area contributed by atoms with Gasteiger partial charge in [-0.15, -0.1) is 0 Å². The van der Waals surface area contributed by atoms with Crippen molar-refractivity contribution in [2.75, 3.05) is 18.1 Å². The van der Waals surface area contributed by atoms with Crippen molar-refractivity contribution in [3.8, 4) is 5.75 Å². The molecule has 0 saturated carbocycles. The molecule has 0 radical (unpaired) electrons. The molecule has 3 nitrogen and oxygen atoms in total. The minimum atomic E-state index is -2.96. The van der Waals surface area contributed by atoms with Crippen LogP contribution in [0.2, 0.25) is 0 Å². The smallest absolute Gasteiger partial charge is 0.153 e. The molecule has 0 aromatic heterocycles. The maximum absolute atomic E-state index is 11.3. The van der Waals surface area contributed by atoms with Gasteiger partial charge in [-0.05, 0) is 23.8 Å². The second kappa shape index (κ2) is 6.75. The molecular weight excluding hydrogens is 372 g/mol. The Morgan fingerprint density at radius 3 is 2.65 bits per heavy atom. The minimum Gasteiger partial charge on any atom is -0.493 e. The quantitative estimate of drug-likeness (QED) is 0.706. The predicted molar refractivity (Wildman–Crippen MR) is 76.6 cm³/mol. The fraction of sp³-hybridized carbons (Fsp3) is 0.455. The summed E-state index contributed by atoms with van der Waals surface area (Å²) in [5, 5.41) is 0.720. The molecule has 0 bridgehead atoms. The van der Waals surface area contributed by atoms with E-state index in [0.29, 0.717) is 5.75 Å². The Labute approximate surface area is 119 Å². The van der Waals surface area contributed by atoms with Crippen molar-refractivity contribution in [1.82, 2.24) is 0 Å². The van der Waals surface area contributed by atoms with Crippen molar-refractivity contribution in [1.29, 1.82) is 0 Å². The molecule has 1 rings (SSSR count). The predicted octanol–water partition coefficient (Wildman–Crippen LogP) is 3.16. The Kier molecular flexibility index (Phi) is 5.95. The molecule has 0 aliphatic heterocycles. The molecule has 0 spiro atoms. The Balaban J connectivity index is 2.58. The highest BCUT2D eigenvalue weighted by Gasteiger charge is 2.08. The highest BCUT2D eigenvalue weighted by molar-refractivity contribution is 9.10. The highest BCUT2D eigenvalue weighted by Crippen LogP contribution is 2.24. The van der Waals surface area contributed by atoms with Gasteiger partial charge in [0.25, 0.3) is 0 Å². The van der Waals surface area contributed by atoms with Crippen molar-refractivity contribution in [2.24, 2.45) is 0 Å². The monoisotopic (exact) mass is 384 g/mol. The topological polar surface area (TPSA) is 43.4 Å². The van der Waals surface area contributed by atoms with Crippen LogP contribution in [0.1, 0.15) is 12.5 Å². The van der Waals surface area contributed by atoms with E-state index in [0.717, 1.165) is 15.4 Å². The number of hydrogen-bond acceptors (Lipinski definition) is 3. The first-order valence-electron chi connectivity index (χ1n) is 5.16. The van der Waals surface area contributed by atoms with Gasteiger partial charge >= 0.3 is 0 Å².